The van der Waals surface area contributed by atoms with Crippen molar-refractivity contribution in [2.75, 3.05) is 19.7 Å². The topological polar surface area (TPSA) is 55.6 Å². The molecular formula is C18H21FN2O3. The van der Waals surface area contributed by atoms with Crippen LogP contribution < -0.4 is 0 Å². The first-order valence-electron chi connectivity index (χ1n) is 8.58. The minimum atomic E-state index is -0.323. The molecule has 0 saturated carbocycles. The second-order valence-corrected chi connectivity index (χ2v) is 6.87. The van der Waals surface area contributed by atoms with Crippen molar-refractivity contribution in [3.8, 4) is 0 Å². The average molecular weight is 332 g/mol. The van der Waals surface area contributed by atoms with Crippen LogP contribution in [0.5, 0.6) is 0 Å². The van der Waals surface area contributed by atoms with Gasteiger partial charge >= 0.3 is 0 Å². The summed E-state index contributed by atoms with van der Waals surface area (Å²) in [5, 5.41) is 5.02. The number of hydrogen-bond acceptors (Lipinski definition) is 4. The summed E-state index contributed by atoms with van der Waals surface area (Å²) in [7, 11) is 0. The predicted octanol–water partition coefficient (Wildman–Crippen LogP) is 3.10. The van der Waals surface area contributed by atoms with Crippen LogP contribution in [0.15, 0.2) is 22.7 Å². The monoisotopic (exact) mass is 332 g/mol. The summed E-state index contributed by atoms with van der Waals surface area (Å²) in [6.07, 6.45) is 2.35. The van der Waals surface area contributed by atoms with E-state index in [1.165, 1.54) is 12.1 Å². The quantitative estimate of drug-likeness (QED) is 0.848. The van der Waals surface area contributed by atoms with Gasteiger partial charge in [-0.1, -0.05) is 12.1 Å². The fourth-order valence-electron chi connectivity index (χ4n) is 3.79. The highest BCUT2D eigenvalue weighted by Gasteiger charge is 2.36. The molecule has 0 bridgehead atoms. The van der Waals surface area contributed by atoms with Crippen LogP contribution in [0.3, 0.4) is 0 Å². The standard InChI is InChI=1S/C18H21FN2O3/c1-11-6-9-23-17(11)18(22)21-7-4-12(5-8-21)16-14-3-2-13(19)10-15(14)24-20-16/h2-3,10-12,17H,4-9H2,1H3/t11-,17+/m1/s1. The van der Waals surface area contributed by atoms with Gasteiger partial charge in [0, 0.05) is 37.1 Å². The minimum Gasteiger partial charge on any atom is -0.368 e. The number of carbonyl (C=O) groups is 1. The van der Waals surface area contributed by atoms with Gasteiger partial charge in [0.05, 0.1) is 5.69 Å². The molecule has 1 aromatic heterocycles. The Morgan fingerprint density at radius 3 is 2.79 bits per heavy atom. The molecule has 2 aromatic rings. The smallest absolute Gasteiger partial charge is 0.251 e. The molecule has 3 heterocycles. The zero-order valence-corrected chi connectivity index (χ0v) is 13.7. The van der Waals surface area contributed by atoms with E-state index in [0.29, 0.717) is 31.2 Å². The van der Waals surface area contributed by atoms with E-state index in [2.05, 4.69) is 12.1 Å². The van der Waals surface area contributed by atoms with Crippen molar-refractivity contribution in [3.05, 3.63) is 29.7 Å². The van der Waals surface area contributed by atoms with E-state index in [1.54, 1.807) is 6.07 Å². The third-order valence-corrected chi connectivity index (χ3v) is 5.29. The Hall–Kier alpha value is -1.95. The van der Waals surface area contributed by atoms with Gasteiger partial charge in [-0.15, -0.1) is 0 Å². The van der Waals surface area contributed by atoms with E-state index in [-0.39, 0.29) is 23.7 Å². The van der Waals surface area contributed by atoms with E-state index in [4.69, 9.17) is 9.26 Å². The maximum Gasteiger partial charge on any atom is 0.251 e. The molecule has 0 radical (unpaired) electrons. The number of carbonyl (C=O) groups excluding carboxylic acids is 1. The summed E-state index contributed by atoms with van der Waals surface area (Å²) >= 11 is 0. The molecule has 2 aliphatic rings. The van der Waals surface area contributed by atoms with Crippen LogP contribution in [0.25, 0.3) is 11.0 Å². The summed E-state index contributed by atoms with van der Waals surface area (Å²) in [5.74, 6) is 0.328. The zero-order valence-electron chi connectivity index (χ0n) is 13.7. The number of nitrogens with zero attached hydrogens (tertiary/aromatic N) is 2. The molecule has 0 aliphatic carbocycles. The number of aromatic nitrogens is 1. The van der Waals surface area contributed by atoms with Gasteiger partial charge in [-0.25, -0.2) is 4.39 Å². The molecule has 2 fully saturated rings. The molecule has 2 saturated heterocycles. The first-order valence-corrected chi connectivity index (χ1v) is 8.58. The molecule has 0 N–H and O–H groups in total. The lowest BCUT2D eigenvalue weighted by atomic mass is 9.91. The summed E-state index contributed by atoms with van der Waals surface area (Å²) < 4.78 is 24.1. The van der Waals surface area contributed by atoms with Crippen molar-refractivity contribution < 1.29 is 18.4 Å². The summed E-state index contributed by atoms with van der Waals surface area (Å²) in [6, 6.07) is 4.52. The molecule has 5 nitrogen and oxygen atoms in total. The largest absolute Gasteiger partial charge is 0.368 e. The van der Waals surface area contributed by atoms with E-state index in [0.717, 1.165) is 30.3 Å². The SMILES string of the molecule is C[C@@H]1CCO[C@@H]1C(=O)N1CCC(c2noc3cc(F)ccc23)CC1. The summed E-state index contributed by atoms with van der Waals surface area (Å²) in [4.78, 5) is 14.5. The fourth-order valence-corrected chi connectivity index (χ4v) is 3.79. The van der Waals surface area contributed by atoms with Gasteiger partial charge < -0.3 is 14.2 Å². The van der Waals surface area contributed by atoms with Crippen LogP contribution in [0.4, 0.5) is 4.39 Å². The highest BCUT2D eigenvalue weighted by molar-refractivity contribution is 5.82. The van der Waals surface area contributed by atoms with Crippen LogP contribution in [-0.4, -0.2) is 41.8 Å². The van der Waals surface area contributed by atoms with E-state index in [9.17, 15) is 9.18 Å². The van der Waals surface area contributed by atoms with Crippen LogP contribution >= 0.6 is 0 Å². The number of halogens is 1. The number of hydrogen-bond donors (Lipinski definition) is 0. The predicted molar refractivity (Wildman–Crippen MR) is 86.0 cm³/mol. The number of piperidine rings is 1. The summed E-state index contributed by atoms with van der Waals surface area (Å²) in [6.45, 7) is 4.15. The number of benzene rings is 1. The normalized spacial score (nSPS) is 25.5. The second kappa shape index (κ2) is 6.16. The zero-order chi connectivity index (χ0) is 16.7. The maximum atomic E-state index is 13.3. The molecule has 2 aliphatic heterocycles. The minimum absolute atomic E-state index is 0.116. The summed E-state index contributed by atoms with van der Waals surface area (Å²) in [5.41, 5.74) is 1.36. The Bertz CT molecular complexity index is 752. The van der Waals surface area contributed by atoms with Crippen LogP contribution in [0, 0.1) is 11.7 Å². The molecule has 6 heteroatoms. The number of amides is 1. The van der Waals surface area contributed by atoms with Crippen molar-refractivity contribution in [1.29, 1.82) is 0 Å². The van der Waals surface area contributed by atoms with E-state index >= 15 is 0 Å². The first kappa shape index (κ1) is 15.6. The highest BCUT2D eigenvalue weighted by atomic mass is 19.1. The number of ether oxygens (including phenoxy) is 1. The Balaban J connectivity index is 1.45. The highest BCUT2D eigenvalue weighted by Crippen LogP contribution is 2.33. The van der Waals surface area contributed by atoms with Gasteiger partial charge in [-0.3, -0.25) is 4.79 Å². The Labute approximate surface area is 139 Å². The van der Waals surface area contributed by atoms with E-state index < -0.39 is 0 Å². The van der Waals surface area contributed by atoms with Crippen molar-refractivity contribution in [3.63, 3.8) is 0 Å². The van der Waals surface area contributed by atoms with Crippen molar-refractivity contribution in [1.82, 2.24) is 10.1 Å². The maximum absolute atomic E-state index is 13.3. The fraction of sp³-hybridized carbons (Fsp3) is 0.556. The Morgan fingerprint density at radius 2 is 2.08 bits per heavy atom. The lowest BCUT2D eigenvalue weighted by Gasteiger charge is -2.33. The first-order chi connectivity index (χ1) is 11.6. The third-order valence-electron chi connectivity index (χ3n) is 5.29. The van der Waals surface area contributed by atoms with Gasteiger partial charge in [0.25, 0.3) is 5.91 Å². The molecule has 4 rings (SSSR count). The molecule has 0 spiro atoms. The van der Waals surface area contributed by atoms with Crippen LogP contribution in [-0.2, 0) is 9.53 Å². The Morgan fingerprint density at radius 1 is 1.29 bits per heavy atom. The van der Waals surface area contributed by atoms with Gasteiger partial charge in [-0.2, -0.15) is 0 Å². The van der Waals surface area contributed by atoms with Gasteiger partial charge in [0.15, 0.2) is 5.58 Å². The number of fused-ring (bicyclic) bond motifs is 1. The van der Waals surface area contributed by atoms with Gasteiger partial charge in [-0.05, 0) is 37.3 Å². The molecule has 2 atom stereocenters. The third kappa shape index (κ3) is 2.69. The van der Waals surface area contributed by atoms with Gasteiger partial charge in [0.2, 0.25) is 0 Å². The van der Waals surface area contributed by atoms with Crippen molar-refractivity contribution >= 4 is 16.9 Å². The van der Waals surface area contributed by atoms with Gasteiger partial charge in [0.1, 0.15) is 11.9 Å². The average Bonchev–Trinajstić information content (AvgIpc) is 3.20. The number of likely N-dealkylation sites (tertiary alicyclic amines) is 1. The lowest BCUT2D eigenvalue weighted by Crippen LogP contribution is -2.45. The lowest BCUT2D eigenvalue weighted by molar-refractivity contribution is -0.143. The molecule has 0 unspecified atom stereocenters. The Kier molecular flexibility index (Phi) is 4.00. The molecular weight excluding hydrogens is 311 g/mol. The van der Waals surface area contributed by atoms with E-state index in [1.807, 2.05) is 4.90 Å². The molecule has 1 aromatic carbocycles. The number of rotatable bonds is 2. The molecule has 24 heavy (non-hydrogen) atoms. The van der Waals surface area contributed by atoms with Crippen LogP contribution in [0.1, 0.15) is 37.8 Å². The van der Waals surface area contributed by atoms with Crippen LogP contribution in [0.2, 0.25) is 0 Å². The van der Waals surface area contributed by atoms with Crippen molar-refractivity contribution in [2.24, 2.45) is 5.92 Å². The molecule has 1 amide bonds. The van der Waals surface area contributed by atoms with Crippen molar-refractivity contribution in [2.45, 2.75) is 38.2 Å². The molecule has 128 valence electrons. The second-order valence-electron chi connectivity index (χ2n) is 6.87.